The van der Waals surface area contributed by atoms with Crippen molar-refractivity contribution in [2.24, 2.45) is 0 Å². The lowest BCUT2D eigenvalue weighted by Gasteiger charge is -2.14. The van der Waals surface area contributed by atoms with E-state index in [1.54, 1.807) is 26.6 Å². The molecule has 1 aromatic carbocycles. The summed E-state index contributed by atoms with van der Waals surface area (Å²) in [6, 6.07) is 9.42. The first-order chi connectivity index (χ1) is 11.1. The van der Waals surface area contributed by atoms with E-state index in [0.717, 1.165) is 22.6 Å². The molecule has 0 spiro atoms. The van der Waals surface area contributed by atoms with Gasteiger partial charge < -0.3 is 14.8 Å². The molecule has 23 heavy (non-hydrogen) atoms. The smallest absolute Gasteiger partial charge is 0.220 e. The van der Waals surface area contributed by atoms with Crippen molar-refractivity contribution in [3.8, 4) is 11.5 Å². The molecule has 122 valence electrons. The average Bonchev–Trinajstić information content (AvgIpc) is 2.60. The Morgan fingerprint density at radius 1 is 1.13 bits per heavy atom. The van der Waals surface area contributed by atoms with Crippen molar-refractivity contribution >= 4 is 5.91 Å². The van der Waals surface area contributed by atoms with Gasteiger partial charge in [-0.2, -0.15) is 0 Å². The normalized spacial score (nSPS) is 11.6. The number of methoxy groups -OCH3 is 2. The highest BCUT2D eigenvalue weighted by molar-refractivity contribution is 5.76. The first-order valence-corrected chi connectivity index (χ1v) is 7.53. The van der Waals surface area contributed by atoms with Crippen LogP contribution in [0.15, 0.2) is 42.7 Å². The van der Waals surface area contributed by atoms with Crippen molar-refractivity contribution in [1.82, 2.24) is 10.3 Å². The van der Waals surface area contributed by atoms with Crippen LogP contribution in [-0.2, 0) is 11.2 Å². The number of rotatable bonds is 7. The van der Waals surface area contributed by atoms with Crippen LogP contribution in [0.1, 0.15) is 30.5 Å². The van der Waals surface area contributed by atoms with Gasteiger partial charge in [0.25, 0.3) is 0 Å². The molecule has 0 unspecified atom stereocenters. The highest BCUT2D eigenvalue weighted by atomic mass is 16.5. The second kappa shape index (κ2) is 8.17. The van der Waals surface area contributed by atoms with Crippen LogP contribution < -0.4 is 14.8 Å². The first kappa shape index (κ1) is 16.8. The fourth-order valence-corrected chi connectivity index (χ4v) is 2.32. The summed E-state index contributed by atoms with van der Waals surface area (Å²) >= 11 is 0. The van der Waals surface area contributed by atoms with Crippen LogP contribution in [0.2, 0.25) is 0 Å². The largest absolute Gasteiger partial charge is 0.497 e. The van der Waals surface area contributed by atoms with Gasteiger partial charge in [0.15, 0.2) is 0 Å². The van der Waals surface area contributed by atoms with Crippen LogP contribution in [0.25, 0.3) is 0 Å². The van der Waals surface area contributed by atoms with E-state index in [1.165, 1.54) is 0 Å². The number of ether oxygens (including phenoxy) is 2. The summed E-state index contributed by atoms with van der Waals surface area (Å²) in [5.41, 5.74) is 2.05. The topological polar surface area (TPSA) is 60.5 Å². The minimum atomic E-state index is -0.0367. The van der Waals surface area contributed by atoms with Crippen LogP contribution in [0, 0.1) is 0 Å². The van der Waals surface area contributed by atoms with Crippen LogP contribution in [-0.4, -0.2) is 25.1 Å². The zero-order valence-electron chi connectivity index (χ0n) is 13.7. The summed E-state index contributed by atoms with van der Waals surface area (Å²) in [4.78, 5) is 16.1. The van der Waals surface area contributed by atoms with E-state index in [9.17, 15) is 4.79 Å². The number of hydrogen-bond acceptors (Lipinski definition) is 4. The number of pyridine rings is 1. The maximum atomic E-state index is 12.1. The van der Waals surface area contributed by atoms with E-state index in [-0.39, 0.29) is 11.9 Å². The summed E-state index contributed by atoms with van der Waals surface area (Å²) in [5.74, 6) is 1.46. The molecular weight excluding hydrogens is 292 g/mol. The third-order valence-corrected chi connectivity index (χ3v) is 3.64. The average molecular weight is 314 g/mol. The monoisotopic (exact) mass is 314 g/mol. The molecule has 1 aromatic heterocycles. The Balaban J connectivity index is 1.91. The summed E-state index contributed by atoms with van der Waals surface area (Å²) < 4.78 is 10.5. The van der Waals surface area contributed by atoms with E-state index >= 15 is 0 Å². The number of benzene rings is 1. The number of amides is 1. The zero-order chi connectivity index (χ0) is 16.7. The highest BCUT2D eigenvalue weighted by Gasteiger charge is 2.10. The Morgan fingerprint density at radius 3 is 2.30 bits per heavy atom. The van der Waals surface area contributed by atoms with Gasteiger partial charge in [0.2, 0.25) is 5.91 Å². The van der Waals surface area contributed by atoms with Crippen LogP contribution in [0.3, 0.4) is 0 Å². The van der Waals surface area contributed by atoms with Gasteiger partial charge in [-0.25, -0.2) is 0 Å². The molecule has 5 nitrogen and oxygen atoms in total. The molecule has 1 atom stereocenters. The highest BCUT2D eigenvalue weighted by Crippen LogP contribution is 2.23. The van der Waals surface area contributed by atoms with Gasteiger partial charge in [0.1, 0.15) is 11.5 Å². The van der Waals surface area contributed by atoms with Gasteiger partial charge in [-0.3, -0.25) is 9.78 Å². The van der Waals surface area contributed by atoms with Crippen molar-refractivity contribution in [2.45, 2.75) is 25.8 Å². The van der Waals surface area contributed by atoms with Gasteiger partial charge in [0, 0.05) is 24.9 Å². The molecule has 0 aliphatic carbocycles. The number of hydrogen-bond donors (Lipinski definition) is 1. The number of aromatic nitrogens is 1. The van der Waals surface area contributed by atoms with Crippen LogP contribution in [0.5, 0.6) is 11.5 Å². The van der Waals surface area contributed by atoms with E-state index in [1.807, 2.05) is 37.3 Å². The molecule has 0 saturated carbocycles. The van der Waals surface area contributed by atoms with Crippen molar-refractivity contribution in [3.63, 3.8) is 0 Å². The first-order valence-electron chi connectivity index (χ1n) is 7.53. The molecule has 0 aliphatic rings. The molecular formula is C18H22N2O3. The third kappa shape index (κ3) is 4.98. The minimum absolute atomic E-state index is 0.0103. The number of nitrogens with zero attached hydrogens (tertiary/aromatic N) is 1. The van der Waals surface area contributed by atoms with E-state index in [0.29, 0.717) is 12.8 Å². The lowest BCUT2D eigenvalue weighted by atomic mass is 10.1. The maximum absolute atomic E-state index is 12.1. The predicted octanol–water partition coefficient (Wildman–Crippen LogP) is 2.91. The van der Waals surface area contributed by atoms with Gasteiger partial charge >= 0.3 is 0 Å². The summed E-state index contributed by atoms with van der Waals surface area (Å²) in [7, 11) is 3.23. The Labute approximate surface area is 136 Å². The van der Waals surface area contributed by atoms with Crippen LogP contribution >= 0.6 is 0 Å². The summed E-state index contributed by atoms with van der Waals surface area (Å²) in [6.07, 6.45) is 4.48. The molecule has 1 amide bonds. The van der Waals surface area contributed by atoms with Gasteiger partial charge in [-0.15, -0.1) is 0 Å². The predicted molar refractivity (Wildman–Crippen MR) is 88.7 cm³/mol. The lowest BCUT2D eigenvalue weighted by Crippen LogP contribution is -2.26. The second-order valence-electron chi connectivity index (χ2n) is 5.29. The van der Waals surface area contributed by atoms with Gasteiger partial charge in [0.05, 0.1) is 20.3 Å². The molecule has 2 rings (SSSR count). The molecule has 2 aromatic rings. The number of carbonyl (C=O) groups excluding carboxylic acids is 1. The Kier molecular flexibility index (Phi) is 5.97. The molecule has 0 radical (unpaired) electrons. The number of aryl methyl sites for hydroxylation is 1. The Morgan fingerprint density at radius 2 is 1.74 bits per heavy atom. The molecule has 5 heteroatoms. The Hall–Kier alpha value is -2.56. The van der Waals surface area contributed by atoms with Crippen molar-refractivity contribution < 1.29 is 14.3 Å². The lowest BCUT2D eigenvalue weighted by molar-refractivity contribution is -0.121. The molecule has 0 saturated heterocycles. The van der Waals surface area contributed by atoms with E-state index in [2.05, 4.69) is 10.3 Å². The molecule has 0 aliphatic heterocycles. The summed E-state index contributed by atoms with van der Waals surface area (Å²) in [5, 5.41) is 2.99. The fraction of sp³-hybridized carbons (Fsp3) is 0.333. The van der Waals surface area contributed by atoms with Gasteiger partial charge in [-0.1, -0.05) is 0 Å². The minimum Gasteiger partial charge on any atom is -0.497 e. The zero-order valence-corrected chi connectivity index (χ0v) is 13.7. The molecule has 0 fully saturated rings. The van der Waals surface area contributed by atoms with Gasteiger partial charge in [-0.05, 0) is 48.7 Å². The second-order valence-corrected chi connectivity index (χ2v) is 5.29. The Bertz CT molecular complexity index is 622. The van der Waals surface area contributed by atoms with Crippen molar-refractivity contribution in [2.75, 3.05) is 14.2 Å². The molecule has 1 heterocycles. The van der Waals surface area contributed by atoms with Crippen molar-refractivity contribution in [1.29, 1.82) is 0 Å². The number of nitrogens with one attached hydrogen (secondary N) is 1. The SMILES string of the molecule is COc1cc(CCC(=O)N[C@@H](C)c2ccncc2)cc(OC)c1. The fourth-order valence-electron chi connectivity index (χ4n) is 2.32. The quantitative estimate of drug-likeness (QED) is 0.853. The number of carbonyl (C=O) groups is 1. The third-order valence-electron chi connectivity index (χ3n) is 3.64. The van der Waals surface area contributed by atoms with Crippen molar-refractivity contribution in [3.05, 3.63) is 53.9 Å². The summed E-state index contributed by atoms with van der Waals surface area (Å²) in [6.45, 7) is 1.96. The van der Waals surface area contributed by atoms with Crippen LogP contribution in [0.4, 0.5) is 0 Å². The maximum Gasteiger partial charge on any atom is 0.220 e. The van der Waals surface area contributed by atoms with E-state index in [4.69, 9.17) is 9.47 Å². The molecule has 1 N–H and O–H groups in total. The molecule has 0 bridgehead atoms. The van der Waals surface area contributed by atoms with E-state index < -0.39 is 0 Å². The standard InChI is InChI=1S/C18H22N2O3/c1-13(15-6-8-19-9-7-15)20-18(21)5-4-14-10-16(22-2)12-17(11-14)23-3/h6-13H,4-5H2,1-3H3,(H,20,21)/t13-/m0/s1.